The van der Waals surface area contributed by atoms with E-state index in [0.717, 1.165) is 24.4 Å². The summed E-state index contributed by atoms with van der Waals surface area (Å²) in [7, 11) is -0.762. The number of methoxy groups -OCH3 is 2. The van der Waals surface area contributed by atoms with E-state index < -0.39 is 10.0 Å². The molecule has 174 valence electrons. The zero-order chi connectivity index (χ0) is 23.3. The number of benzene rings is 2. The van der Waals surface area contributed by atoms with E-state index in [-0.39, 0.29) is 22.6 Å². The molecule has 1 aliphatic rings. The van der Waals surface area contributed by atoms with Crippen LogP contribution in [-0.4, -0.2) is 65.7 Å². The summed E-state index contributed by atoms with van der Waals surface area (Å²) in [5, 5.41) is 0. The quantitative estimate of drug-likeness (QED) is 0.682. The standard InChI is InChI=1S/C23H31N3O5S/c1-17(2)24-32(28,29)22-16-18(6-11-21(22)31-4)23(27)26-13-5-12-25(14-15-26)19-7-9-20(30-3)10-8-19/h6-11,16-17,24H,5,12-15H2,1-4H3. The zero-order valence-corrected chi connectivity index (χ0v) is 19.8. The molecule has 1 saturated heterocycles. The Morgan fingerprint density at radius 1 is 0.969 bits per heavy atom. The van der Waals surface area contributed by atoms with Crippen molar-refractivity contribution in [3.05, 3.63) is 48.0 Å². The van der Waals surface area contributed by atoms with Crippen molar-refractivity contribution >= 4 is 21.6 Å². The number of rotatable bonds is 7. The van der Waals surface area contributed by atoms with Gasteiger partial charge in [0.2, 0.25) is 10.0 Å². The van der Waals surface area contributed by atoms with Gasteiger partial charge in [-0.1, -0.05) is 0 Å². The first-order valence-electron chi connectivity index (χ1n) is 10.6. The molecule has 0 bridgehead atoms. The normalized spacial score (nSPS) is 14.9. The van der Waals surface area contributed by atoms with Gasteiger partial charge in [0.1, 0.15) is 16.4 Å². The SMILES string of the molecule is COc1ccc(N2CCCN(C(=O)c3ccc(OC)c(S(=O)(=O)NC(C)C)c3)CC2)cc1. The smallest absolute Gasteiger partial charge is 0.253 e. The molecule has 1 heterocycles. The van der Waals surface area contributed by atoms with Crippen LogP contribution in [0.1, 0.15) is 30.6 Å². The second-order valence-corrected chi connectivity index (χ2v) is 9.65. The van der Waals surface area contributed by atoms with Crippen molar-refractivity contribution in [2.24, 2.45) is 0 Å². The van der Waals surface area contributed by atoms with Crippen molar-refractivity contribution in [1.82, 2.24) is 9.62 Å². The summed E-state index contributed by atoms with van der Waals surface area (Å²) in [4.78, 5) is 17.2. The predicted octanol–water partition coefficient (Wildman–Crippen LogP) is 2.74. The van der Waals surface area contributed by atoms with Crippen molar-refractivity contribution in [1.29, 1.82) is 0 Å². The first kappa shape index (κ1) is 23.9. The molecule has 32 heavy (non-hydrogen) atoms. The fourth-order valence-electron chi connectivity index (χ4n) is 3.75. The van der Waals surface area contributed by atoms with E-state index in [1.807, 2.05) is 24.3 Å². The summed E-state index contributed by atoms with van der Waals surface area (Å²) in [5.74, 6) is 0.819. The molecule has 3 rings (SSSR count). The first-order valence-corrected chi connectivity index (χ1v) is 12.1. The van der Waals surface area contributed by atoms with Gasteiger partial charge in [0.05, 0.1) is 14.2 Å². The fourth-order valence-corrected chi connectivity index (χ4v) is 5.19. The Morgan fingerprint density at radius 2 is 1.69 bits per heavy atom. The lowest BCUT2D eigenvalue weighted by atomic mass is 10.2. The van der Waals surface area contributed by atoms with Crippen molar-refractivity contribution in [3.63, 3.8) is 0 Å². The van der Waals surface area contributed by atoms with Crippen LogP contribution < -0.4 is 19.1 Å². The molecule has 1 fully saturated rings. The van der Waals surface area contributed by atoms with Gasteiger partial charge in [-0.15, -0.1) is 0 Å². The van der Waals surface area contributed by atoms with E-state index in [1.54, 1.807) is 31.9 Å². The summed E-state index contributed by atoms with van der Waals surface area (Å²) >= 11 is 0. The van der Waals surface area contributed by atoms with E-state index in [0.29, 0.717) is 25.2 Å². The molecule has 1 amide bonds. The highest BCUT2D eigenvalue weighted by atomic mass is 32.2. The topological polar surface area (TPSA) is 88.2 Å². The summed E-state index contributed by atoms with van der Waals surface area (Å²) < 4.78 is 38.5. The van der Waals surface area contributed by atoms with E-state index in [2.05, 4.69) is 9.62 Å². The van der Waals surface area contributed by atoms with Gasteiger partial charge in [0, 0.05) is 43.5 Å². The second-order valence-electron chi connectivity index (χ2n) is 7.97. The predicted molar refractivity (Wildman–Crippen MR) is 124 cm³/mol. The molecule has 8 nitrogen and oxygen atoms in total. The maximum absolute atomic E-state index is 13.2. The Labute approximate surface area is 190 Å². The molecule has 0 aromatic heterocycles. The molecular formula is C23H31N3O5S. The van der Waals surface area contributed by atoms with Crippen LogP contribution in [-0.2, 0) is 10.0 Å². The third kappa shape index (κ3) is 5.52. The number of hydrogen-bond acceptors (Lipinski definition) is 6. The van der Waals surface area contributed by atoms with Crippen LogP contribution in [0.15, 0.2) is 47.4 Å². The van der Waals surface area contributed by atoms with Crippen LogP contribution in [0, 0.1) is 0 Å². The minimum atomic E-state index is -3.81. The molecule has 1 N–H and O–H groups in total. The molecule has 0 aliphatic carbocycles. The highest BCUT2D eigenvalue weighted by Crippen LogP contribution is 2.26. The van der Waals surface area contributed by atoms with Crippen LogP contribution in [0.25, 0.3) is 0 Å². The molecular weight excluding hydrogens is 430 g/mol. The first-order chi connectivity index (χ1) is 15.2. The van der Waals surface area contributed by atoms with Gasteiger partial charge in [-0.2, -0.15) is 0 Å². The minimum Gasteiger partial charge on any atom is -0.497 e. The summed E-state index contributed by atoms with van der Waals surface area (Å²) in [5.41, 5.74) is 1.41. The van der Waals surface area contributed by atoms with Crippen molar-refractivity contribution in [2.45, 2.75) is 31.2 Å². The maximum atomic E-state index is 13.2. The number of amides is 1. The highest BCUT2D eigenvalue weighted by molar-refractivity contribution is 7.89. The molecule has 1 aliphatic heterocycles. The van der Waals surface area contributed by atoms with Crippen molar-refractivity contribution < 1.29 is 22.7 Å². The van der Waals surface area contributed by atoms with E-state index in [9.17, 15) is 13.2 Å². The number of ether oxygens (including phenoxy) is 2. The molecule has 0 atom stereocenters. The Kier molecular flexibility index (Phi) is 7.63. The van der Waals surface area contributed by atoms with Gasteiger partial charge in [-0.25, -0.2) is 13.1 Å². The summed E-state index contributed by atoms with van der Waals surface area (Å²) in [6.45, 7) is 6.15. The molecule has 2 aromatic carbocycles. The van der Waals surface area contributed by atoms with Gasteiger partial charge in [-0.05, 0) is 62.7 Å². The van der Waals surface area contributed by atoms with E-state index in [4.69, 9.17) is 9.47 Å². The molecule has 0 saturated carbocycles. The Hall–Kier alpha value is -2.78. The zero-order valence-electron chi connectivity index (χ0n) is 19.0. The van der Waals surface area contributed by atoms with Gasteiger partial charge in [-0.3, -0.25) is 4.79 Å². The van der Waals surface area contributed by atoms with Crippen molar-refractivity contribution in [2.75, 3.05) is 45.3 Å². The van der Waals surface area contributed by atoms with Crippen LogP contribution in [0.2, 0.25) is 0 Å². The van der Waals surface area contributed by atoms with E-state index in [1.165, 1.54) is 19.2 Å². The Bertz CT molecular complexity index is 1040. The van der Waals surface area contributed by atoms with Gasteiger partial charge in [0.25, 0.3) is 5.91 Å². The van der Waals surface area contributed by atoms with Gasteiger partial charge >= 0.3 is 0 Å². The van der Waals surface area contributed by atoms with Crippen LogP contribution in [0.4, 0.5) is 5.69 Å². The number of carbonyl (C=O) groups excluding carboxylic acids is 1. The van der Waals surface area contributed by atoms with Crippen LogP contribution in [0.3, 0.4) is 0 Å². The number of hydrogen-bond donors (Lipinski definition) is 1. The highest BCUT2D eigenvalue weighted by Gasteiger charge is 2.25. The number of nitrogens with one attached hydrogen (secondary N) is 1. The summed E-state index contributed by atoms with van der Waals surface area (Å²) in [6, 6.07) is 12.1. The van der Waals surface area contributed by atoms with Gasteiger partial charge < -0.3 is 19.3 Å². The third-order valence-electron chi connectivity index (χ3n) is 5.31. The molecule has 0 unspecified atom stereocenters. The lowest BCUT2D eigenvalue weighted by Crippen LogP contribution is -2.35. The number of carbonyl (C=O) groups is 1. The number of nitrogens with zero attached hydrogens (tertiary/aromatic N) is 2. The van der Waals surface area contributed by atoms with Crippen LogP contribution >= 0.6 is 0 Å². The average molecular weight is 462 g/mol. The van der Waals surface area contributed by atoms with Crippen molar-refractivity contribution in [3.8, 4) is 11.5 Å². The van der Waals surface area contributed by atoms with Gasteiger partial charge in [0.15, 0.2) is 0 Å². The monoisotopic (exact) mass is 461 g/mol. The second kappa shape index (κ2) is 10.2. The third-order valence-corrected chi connectivity index (χ3v) is 6.99. The Balaban J connectivity index is 1.77. The minimum absolute atomic E-state index is 0.0331. The largest absolute Gasteiger partial charge is 0.497 e. The molecule has 0 radical (unpaired) electrons. The Morgan fingerprint density at radius 3 is 2.31 bits per heavy atom. The lowest BCUT2D eigenvalue weighted by molar-refractivity contribution is 0.0766. The summed E-state index contributed by atoms with van der Waals surface area (Å²) in [6.07, 6.45) is 0.813. The number of sulfonamides is 1. The average Bonchev–Trinajstić information content (AvgIpc) is 3.03. The maximum Gasteiger partial charge on any atom is 0.253 e. The molecule has 9 heteroatoms. The molecule has 2 aromatic rings. The lowest BCUT2D eigenvalue weighted by Gasteiger charge is -2.24. The van der Waals surface area contributed by atoms with Crippen LogP contribution in [0.5, 0.6) is 11.5 Å². The number of anilines is 1. The van der Waals surface area contributed by atoms with E-state index >= 15 is 0 Å². The fraction of sp³-hybridized carbons (Fsp3) is 0.435. The molecule has 0 spiro atoms.